The second-order valence-corrected chi connectivity index (χ2v) is 10.4. The summed E-state index contributed by atoms with van der Waals surface area (Å²) in [6.07, 6.45) is 7.05. The van der Waals surface area contributed by atoms with Crippen molar-refractivity contribution in [1.82, 2.24) is 4.31 Å². The molecular formula is C23H31N3O2S. The number of nitrogens with zero attached hydrogens (tertiary/aromatic N) is 1. The van der Waals surface area contributed by atoms with Crippen molar-refractivity contribution in [3.63, 3.8) is 0 Å². The van der Waals surface area contributed by atoms with Gasteiger partial charge in [0.05, 0.1) is 16.3 Å². The summed E-state index contributed by atoms with van der Waals surface area (Å²) < 4.78 is 27.7. The Labute approximate surface area is 174 Å². The summed E-state index contributed by atoms with van der Waals surface area (Å²) in [6, 6.07) is 15.8. The quantitative estimate of drug-likeness (QED) is 0.712. The molecule has 1 saturated carbocycles. The molecule has 0 spiro atoms. The molecule has 0 amide bonds. The Balaban J connectivity index is 1.49. The Hall–Kier alpha value is -2.05. The third-order valence-corrected chi connectivity index (χ3v) is 8.40. The van der Waals surface area contributed by atoms with Crippen molar-refractivity contribution in [3.8, 4) is 0 Å². The van der Waals surface area contributed by atoms with E-state index < -0.39 is 10.0 Å². The molecule has 0 unspecified atom stereocenters. The van der Waals surface area contributed by atoms with Gasteiger partial charge in [0.2, 0.25) is 10.0 Å². The zero-order chi connectivity index (χ0) is 20.5. The maximum absolute atomic E-state index is 13.1. The highest BCUT2D eigenvalue weighted by Crippen LogP contribution is 2.37. The van der Waals surface area contributed by atoms with E-state index in [4.69, 9.17) is 0 Å². The van der Waals surface area contributed by atoms with Crippen LogP contribution in [0, 0.1) is 0 Å². The van der Waals surface area contributed by atoms with Crippen LogP contribution < -0.4 is 10.6 Å². The van der Waals surface area contributed by atoms with Crippen LogP contribution in [0.15, 0.2) is 53.4 Å². The van der Waals surface area contributed by atoms with Crippen LogP contribution in [-0.4, -0.2) is 31.5 Å². The number of nitrogens with one attached hydrogen (secondary N) is 2. The monoisotopic (exact) mass is 413 g/mol. The molecule has 1 heterocycles. The summed E-state index contributed by atoms with van der Waals surface area (Å²) in [5.41, 5.74) is 3.09. The molecule has 2 aromatic carbocycles. The molecule has 1 fully saturated rings. The largest absolute Gasteiger partial charge is 0.361 e. The van der Waals surface area contributed by atoms with E-state index in [0.29, 0.717) is 4.90 Å². The summed E-state index contributed by atoms with van der Waals surface area (Å²) in [7, 11) is -1.71. The first-order valence-corrected chi connectivity index (χ1v) is 12.1. The fraction of sp³-hybridized carbons (Fsp3) is 0.478. The van der Waals surface area contributed by atoms with E-state index in [2.05, 4.69) is 29.7 Å². The lowest BCUT2D eigenvalue weighted by Crippen LogP contribution is -2.43. The summed E-state index contributed by atoms with van der Waals surface area (Å²) in [4.78, 5) is 0.385. The van der Waals surface area contributed by atoms with E-state index in [1.54, 1.807) is 23.5 Å². The third-order valence-electron chi connectivity index (χ3n) is 6.47. The number of fused-ring (bicyclic) bond motifs is 1. The molecule has 0 radical (unpaired) electrons. The first-order chi connectivity index (χ1) is 13.9. The molecule has 0 atom stereocenters. The van der Waals surface area contributed by atoms with Gasteiger partial charge in [0.25, 0.3) is 0 Å². The average molecular weight is 414 g/mol. The van der Waals surface area contributed by atoms with Crippen LogP contribution in [-0.2, 0) is 16.4 Å². The van der Waals surface area contributed by atoms with Crippen molar-refractivity contribution in [2.75, 3.05) is 17.7 Å². The minimum absolute atomic E-state index is 0.127. The zero-order valence-corrected chi connectivity index (χ0v) is 18.1. The molecule has 0 aromatic heterocycles. The number of benzene rings is 2. The van der Waals surface area contributed by atoms with Crippen LogP contribution in [0.2, 0.25) is 0 Å². The lowest BCUT2D eigenvalue weighted by molar-refractivity contribution is 0.286. The molecule has 2 aromatic rings. The molecule has 29 heavy (non-hydrogen) atoms. The Morgan fingerprint density at radius 3 is 2.10 bits per heavy atom. The van der Waals surface area contributed by atoms with Gasteiger partial charge in [-0.2, -0.15) is 4.31 Å². The van der Waals surface area contributed by atoms with E-state index in [9.17, 15) is 8.42 Å². The average Bonchev–Trinajstić information content (AvgIpc) is 3.13. The molecule has 4 rings (SSSR count). The molecule has 0 saturated heterocycles. The van der Waals surface area contributed by atoms with Crippen LogP contribution in [0.1, 0.15) is 51.0 Å². The predicted molar refractivity (Wildman–Crippen MR) is 119 cm³/mol. The molecule has 2 N–H and O–H groups in total. The van der Waals surface area contributed by atoms with Crippen molar-refractivity contribution in [2.45, 2.75) is 68.5 Å². The van der Waals surface area contributed by atoms with Gasteiger partial charge in [0, 0.05) is 19.5 Å². The van der Waals surface area contributed by atoms with Crippen molar-refractivity contribution < 1.29 is 8.42 Å². The first kappa shape index (κ1) is 20.2. The van der Waals surface area contributed by atoms with E-state index in [1.165, 1.54) is 6.42 Å². The van der Waals surface area contributed by atoms with Gasteiger partial charge in [0.1, 0.15) is 5.66 Å². The Kier molecular flexibility index (Phi) is 5.58. The highest BCUT2D eigenvalue weighted by Gasteiger charge is 2.34. The van der Waals surface area contributed by atoms with E-state index in [0.717, 1.165) is 55.5 Å². The van der Waals surface area contributed by atoms with E-state index in [-0.39, 0.29) is 11.7 Å². The summed E-state index contributed by atoms with van der Waals surface area (Å²) in [5.74, 6) is 0. The van der Waals surface area contributed by atoms with E-state index in [1.807, 2.05) is 24.3 Å². The number of hydrogen-bond donors (Lipinski definition) is 2. The van der Waals surface area contributed by atoms with Crippen molar-refractivity contribution in [1.29, 1.82) is 0 Å². The molecule has 1 aliphatic carbocycles. The van der Waals surface area contributed by atoms with Crippen molar-refractivity contribution >= 4 is 21.4 Å². The Bertz CT molecular complexity index is 925. The van der Waals surface area contributed by atoms with Crippen molar-refractivity contribution in [3.05, 3.63) is 54.1 Å². The van der Waals surface area contributed by atoms with Gasteiger partial charge in [-0.3, -0.25) is 0 Å². The number of sulfonamides is 1. The number of rotatable bonds is 6. The summed E-state index contributed by atoms with van der Waals surface area (Å²) in [5, 5.41) is 7.23. The number of para-hydroxylation sites is 2. The number of anilines is 2. The summed E-state index contributed by atoms with van der Waals surface area (Å²) in [6.45, 7) is 2.16. The van der Waals surface area contributed by atoms with Gasteiger partial charge in [-0.05, 0) is 49.1 Å². The molecule has 0 bridgehead atoms. The zero-order valence-electron chi connectivity index (χ0n) is 17.3. The number of hydrogen-bond acceptors (Lipinski definition) is 4. The topological polar surface area (TPSA) is 61.4 Å². The van der Waals surface area contributed by atoms with Gasteiger partial charge in [-0.15, -0.1) is 0 Å². The van der Waals surface area contributed by atoms with Crippen LogP contribution in [0.3, 0.4) is 0 Å². The van der Waals surface area contributed by atoms with Gasteiger partial charge in [0.15, 0.2) is 0 Å². The van der Waals surface area contributed by atoms with Gasteiger partial charge in [-0.25, -0.2) is 8.42 Å². The molecule has 6 heteroatoms. The van der Waals surface area contributed by atoms with Crippen LogP contribution >= 0.6 is 0 Å². The Morgan fingerprint density at radius 1 is 0.966 bits per heavy atom. The molecule has 2 aliphatic rings. The maximum Gasteiger partial charge on any atom is 0.243 e. The van der Waals surface area contributed by atoms with E-state index >= 15 is 0 Å². The minimum Gasteiger partial charge on any atom is -0.361 e. The first-order valence-electron chi connectivity index (χ1n) is 10.7. The second-order valence-electron chi connectivity index (χ2n) is 8.37. The second kappa shape index (κ2) is 8.00. The standard InChI is InChI=1S/C23H31N3O2S/c1-3-23(24-21-11-7-8-12-22(21)25-23)17-18-13-15-20(16-14-18)29(27,28)26(2)19-9-5-4-6-10-19/h7-8,11-16,19,24-25H,3-6,9-10,17H2,1-2H3. The molecule has 156 valence electrons. The van der Waals surface area contributed by atoms with Crippen LogP contribution in [0.5, 0.6) is 0 Å². The molecule has 1 aliphatic heterocycles. The van der Waals surface area contributed by atoms with Crippen LogP contribution in [0.25, 0.3) is 0 Å². The third kappa shape index (κ3) is 4.01. The lowest BCUT2D eigenvalue weighted by Gasteiger charge is -2.31. The lowest BCUT2D eigenvalue weighted by atomic mass is 9.96. The predicted octanol–water partition coefficient (Wildman–Crippen LogP) is 4.83. The smallest absolute Gasteiger partial charge is 0.243 e. The Morgan fingerprint density at radius 2 is 1.55 bits per heavy atom. The van der Waals surface area contributed by atoms with Crippen LogP contribution in [0.4, 0.5) is 11.4 Å². The maximum atomic E-state index is 13.1. The van der Waals surface area contributed by atoms with Crippen molar-refractivity contribution in [2.24, 2.45) is 0 Å². The van der Waals surface area contributed by atoms with Gasteiger partial charge >= 0.3 is 0 Å². The SMILES string of the molecule is CCC1(Cc2ccc(S(=O)(=O)N(C)C3CCCCC3)cc2)Nc2ccccc2N1. The highest BCUT2D eigenvalue weighted by molar-refractivity contribution is 7.89. The minimum atomic E-state index is -3.45. The normalized spacial score (nSPS) is 18.9. The highest BCUT2D eigenvalue weighted by atomic mass is 32.2. The van der Waals surface area contributed by atoms with Gasteiger partial charge in [-0.1, -0.05) is 50.5 Å². The summed E-state index contributed by atoms with van der Waals surface area (Å²) >= 11 is 0. The molecular weight excluding hydrogens is 382 g/mol. The fourth-order valence-electron chi connectivity index (χ4n) is 4.57. The molecule has 5 nitrogen and oxygen atoms in total. The fourth-order valence-corrected chi connectivity index (χ4v) is 5.99. The van der Waals surface area contributed by atoms with Gasteiger partial charge < -0.3 is 10.6 Å².